The fourth-order valence-corrected chi connectivity index (χ4v) is 4.12. The van der Waals surface area contributed by atoms with Crippen LogP contribution < -0.4 is 14.8 Å². The Hall–Kier alpha value is -2.42. The predicted molar refractivity (Wildman–Crippen MR) is 130 cm³/mol. The molecule has 0 aromatic heterocycles. The van der Waals surface area contributed by atoms with E-state index in [4.69, 9.17) is 9.47 Å². The van der Waals surface area contributed by atoms with Gasteiger partial charge in [0.2, 0.25) is 5.91 Å². The van der Waals surface area contributed by atoms with Gasteiger partial charge in [0.05, 0.1) is 19.3 Å². The van der Waals surface area contributed by atoms with Crippen LogP contribution in [0, 0.1) is 5.82 Å². The second-order valence-electron chi connectivity index (χ2n) is 8.15. The molecule has 2 aromatic carbocycles. The third-order valence-corrected chi connectivity index (χ3v) is 6.12. The van der Waals surface area contributed by atoms with Gasteiger partial charge in [-0.15, -0.1) is 0 Å². The molecule has 1 aliphatic heterocycles. The summed E-state index contributed by atoms with van der Waals surface area (Å²) in [7, 11) is 1.58. The Balaban J connectivity index is 1.50. The van der Waals surface area contributed by atoms with Crippen LogP contribution in [0.2, 0.25) is 0 Å². The quantitative estimate of drug-likeness (QED) is 0.488. The fourth-order valence-electron chi connectivity index (χ4n) is 3.74. The first-order valence-electron chi connectivity index (χ1n) is 11.0. The number of carbonyl (C=O) groups excluding carboxylic acids is 1. The van der Waals surface area contributed by atoms with Crippen LogP contribution in [0.5, 0.6) is 11.5 Å². The van der Waals surface area contributed by atoms with E-state index in [1.807, 2.05) is 18.2 Å². The maximum absolute atomic E-state index is 13.1. The molecule has 3 rings (SSSR count). The number of piperidine rings is 1. The van der Waals surface area contributed by atoms with Gasteiger partial charge in [0.15, 0.2) is 0 Å². The Morgan fingerprint density at radius 2 is 1.97 bits per heavy atom. The number of hydrogen-bond acceptors (Lipinski definition) is 5. The molecule has 0 bridgehead atoms. The van der Waals surface area contributed by atoms with E-state index in [1.165, 1.54) is 18.2 Å². The van der Waals surface area contributed by atoms with Gasteiger partial charge in [0.25, 0.3) is 0 Å². The smallest absolute Gasteiger partial charge is 0.244 e. The van der Waals surface area contributed by atoms with Crippen molar-refractivity contribution in [1.82, 2.24) is 10.2 Å². The van der Waals surface area contributed by atoms with Crippen LogP contribution in [-0.4, -0.2) is 60.9 Å². The number of likely N-dealkylation sites (tertiary alicyclic amines) is 1. The Bertz CT molecular complexity index is 944. The second-order valence-corrected chi connectivity index (χ2v) is 9.06. The number of nitrogens with zero attached hydrogens (tertiary/aromatic N) is 1. The monoisotopic (exact) mass is 520 g/mol. The Morgan fingerprint density at radius 3 is 2.61 bits per heavy atom. The number of hydrogen-bond donors (Lipinski definition) is 2. The Morgan fingerprint density at radius 1 is 1.27 bits per heavy atom. The molecule has 0 saturated carbocycles. The van der Waals surface area contributed by atoms with E-state index in [-0.39, 0.29) is 17.8 Å². The molecule has 6 nitrogen and oxygen atoms in total. The van der Waals surface area contributed by atoms with Gasteiger partial charge in [-0.1, -0.05) is 15.9 Å². The molecule has 8 heteroatoms. The van der Waals surface area contributed by atoms with Gasteiger partial charge in [-0.2, -0.15) is 0 Å². The summed E-state index contributed by atoms with van der Waals surface area (Å²) in [5.41, 5.74) is 0.777. The number of benzene rings is 2. The molecule has 178 valence electrons. The summed E-state index contributed by atoms with van der Waals surface area (Å²) in [6.45, 7) is 3.79. The topological polar surface area (TPSA) is 71.0 Å². The lowest BCUT2D eigenvalue weighted by Crippen LogP contribution is -2.51. The highest BCUT2D eigenvalue weighted by Crippen LogP contribution is 2.24. The largest absolute Gasteiger partial charge is 0.496 e. The van der Waals surface area contributed by atoms with Gasteiger partial charge in [-0.05, 0) is 68.3 Å². The third-order valence-electron chi connectivity index (χ3n) is 5.62. The normalized spacial score (nSPS) is 17.0. The molecule has 1 heterocycles. The van der Waals surface area contributed by atoms with E-state index < -0.39 is 12.1 Å². The molecule has 0 radical (unpaired) electrons. The van der Waals surface area contributed by atoms with E-state index in [1.54, 1.807) is 32.2 Å². The zero-order valence-corrected chi connectivity index (χ0v) is 20.4. The lowest BCUT2D eigenvalue weighted by Gasteiger charge is -2.35. The van der Waals surface area contributed by atoms with Crippen molar-refractivity contribution >= 4 is 27.9 Å². The average molecular weight is 521 g/mol. The number of aliphatic hydroxyl groups excluding tert-OH is 1. The van der Waals surface area contributed by atoms with E-state index >= 15 is 0 Å². The molecular weight excluding hydrogens is 491 g/mol. The van der Waals surface area contributed by atoms with Gasteiger partial charge >= 0.3 is 0 Å². The van der Waals surface area contributed by atoms with Crippen molar-refractivity contribution in [3.63, 3.8) is 0 Å². The first kappa shape index (κ1) is 25.2. The molecule has 2 atom stereocenters. The molecule has 33 heavy (non-hydrogen) atoms. The number of halogens is 2. The number of amides is 1. The van der Waals surface area contributed by atoms with Crippen molar-refractivity contribution in [1.29, 1.82) is 0 Å². The van der Waals surface area contributed by atoms with Crippen molar-refractivity contribution in [2.75, 3.05) is 26.7 Å². The number of carbonyl (C=O) groups is 1. The van der Waals surface area contributed by atoms with Crippen LogP contribution in [0.4, 0.5) is 4.39 Å². The van der Waals surface area contributed by atoms with Crippen LogP contribution in [-0.2, 0) is 4.79 Å². The molecule has 1 aliphatic rings. The van der Waals surface area contributed by atoms with Crippen LogP contribution >= 0.6 is 15.9 Å². The maximum Gasteiger partial charge on any atom is 0.244 e. The number of ether oxygens (including phenoxy) is 2. The first-order valence-corrected chi connectivity index (χ1v) is 11.8. The standard InChI is InChI=1S/C25H30BrFN2O4/c1-17(30)23(28-25(31)10-3-18-15-19(26)4-9-24(18)32-2)16-29-13-11-22(12-14-29)33-21-7-5-20(27)6-8-21/h3-10,15,17,22-23,30H,11-14,16H2,1-2H3,(H,28,31)/b10-3+/t17?,23-/m0/s1. The van der Waals surface area contributed by atoms with Crippen molar-refractivity contribution in [2.45, 2.75) is 38.0 Å². The molecule has 0 spiro atoms. The second kappa shape index (κ2) is 12.2. The molecule has 2 aromatic rings. The van der Waals surface area contributed by atoms with Gasteiger partial charge in [-0.25, -0.2) is 4.39 Å². The van der Waals surface area contributed by atoms with Crippen LogP contribution in [0.25, 0.3) is 6.08 Å². The van der Waals surface area contributed by atoms with Gasteiger partial charge < -0.3 is 24.8 Å². The van der Waals surface area contributed by atoms with Crippen LogP contribution in [0.1, 0.15) is 25.3 Å². The van der Waals surface area contributed by atoms with Gasteiger partial charge in [0.1, 0.15) is 23.4 Å². The van der Waals surface area contributed by atoms with Crippen molar-refractivity contribution in [2.24, 2.45) is 0 Å². The molecule has 1 amide bonds. The zero-order valence-electron chi connectivity index (χ0n) is 18.8. The minimum absolute atomic E-state index is 0.0643. The third kappa shape index (κ3) is 7.84. The molecular formula is C25H30BrFN2O4. The lowest BCUT2D eigenvalue weighted by molar-refractivity contribution is -0.118. The number of methoxy groups -OCH3 is 1. The van der Waals surface area contributed by atoms with E-state index in [9.17, 15) is 14.3 Å². The average Bonchev–Trinajstić information content (AvgIpc) is 2.80. The van der Waals surface area contributed by atoms with E-state index in [2.05, 4.69) is 26.1 Å². The number of rotatable bonds is 9. The summed E-state index contributed by atoms with van der Waals surface area (Å²) in [4.78, 5) is 14.7. The van der Waals surface area contributed by atoms with E-state index in [0.717, 1.165) is 36.0 Å². The minimum Gasteiger partial charge on any atom is -0.496 e. The van der Waals surface area contributed by atoms with Crippen LogP contribution in [0.15, 0.2) is 53.0 Å². The molecule has 1 unspecified atom stereocenters. The first-order chi connectivity index (χ1) is 15.8. The molecule has 2 N–H and O–H groups in total. The number of nitrogens with one attached hydrogen (secondary N) is 1. The highest BCUT2D eigenvalue weighted by Gasteiger charge is 2.25. The number of aliphatic hydroxyl groups is 1. The predicted octanol–water partition coefficient (Wildman–Crippen LogP) is 4.02. The summed E-state index contributed by atoms with van der Waals surface area (Å²) in [6.07, 6.45) is 4.14. The Labute approximate surface area is 202 Å². The van der Waals surface area contributed by atoms with E-state index in [0.29, 0.717) is 18.0 Å². The van der Waals surface area contributed by atoms with Crippen LogP contribution in [0.3, 0.4) is 0 Å². The maximum atomic E-state index is 13.1. The summed E-state index contributed by atoms with van der Waals surface area (Å²) in [5, 5.41) is 13.1. The summed E-state index contributed by atoms with van der Waals surface area (Å²) >= 11 is 3.42. The molecule has 0 aliphatic carbocycles. The van der Waals surface area contributed by atoms with Crippen molar-refractivity contribution in [3.05, 3.63) is 64.4 Å². The fraction of sp³-hybridized carbons (Fsp3) is 0.400. The van der Waals surface area contributed by atoms with Crippen molar-refractivity contribution < 1.29 is 23.8 Å². The van der Waals surface area contributed by atoms with Gasteiger partial charge in [-0.3, -0.25) is 4.79 Å². The Kier molecular flexibility index (Phi) is 9.29. The molecule has 1 saturated heterocycles. The van der Waals surface area contributed by atoms with Gasteiger partial charge in [0, 0.05) is 35.7 Å². The summed E-state index contributed by atoms with van der Waals surface area (Å²) in [6, 6.07) is 11.2. The minimum atomic E-state index is -0.698. The lowest BCUT2D eigenvalue weighted by atomic mass is 10.1. The van der Waals surface area contributed by atoms with Crippen molar-refractivity contribution in [3.8, 4) is 11.5 Å². The zero-order chi connectivity index (χ0) is 23.8. The summed E-state index contributed by atoms with van der Waals surface area (Å²) in [5.74, 6) is 0.768. The summed E-state index contributed by atoms with van der Waals surface area (Å²) < 4.78 is 25.2. The SMILES string of the molecule is COc1ccc(Br)cc1/C=C/C(=O)N[C@@H](CN1CCC(Oc2ccc(F)cc2)CC1)C(C)O. The highest BCUT2D eigenvalue weighted by atomic mass is 79.9. The molecule has 1 fully saturated rings. The highest BCUT2D eigenvalue weighted by molar-refractivity contribution is 9.10.